The molecule has 1 fully saturated rings. The van der Waals surface area contributed by atoms with Crippen LogP contribution in [0.15, 0.2) is 29.2 Å². The molecule has 5 nitrogen and oxygen atoms in total. The number of aliphatic hydroxyl groups is 1. The molecule has 1 aromatic rings. The van der Waals surface area contributed by atoms with Crippen molar-refractivity contribution in [3.63, 3.8) is 0 Å². The van der Waals surface area contributed by atoms with Crippen LogP contribution in [0.25, 0.3) is 0 Å². The predicted molar refractivity (Wildman–Crippen MR) is 94.1 cm³/mol. The van der Waals surface area contributed by atoms with Gasteiger partial charge in [-0.2, -0.15) is 0 Å². The van der Waals surface area contributed by atoms with Crippen LogP contribution in [0.5, 0.6) is 0 Å². The van der Waals surface area contributed by atoms with Crippen LogP contribution in [0.4, 0.5) is 5.69 Å². The Labute approximate surface area is 142 Å². The smallest absolute Gasteiger partial charge is 0.228 e. The number of rotatable bonds is 5. The molecule has 1 N–H and O–H groups in total. The lowest BCUT2D eigenvalue weighted by Crippen LogP contribution is -2.48. The van der Waals surface area contributed by atoms with E-state index < -0.39 is 0 Å². The minimum atomic E-state index is 0.227. The molecule has 126 valence electrons. The zero-order valence-electron chi connectivity index (χ0n) is 13.5. The molecule has 2 heterocycles. The number of nitrogens with zero attached hydrogens (tertiary/aromatic N) is 3. The normalized spacial score (nSPS) is 19.6. The van der Waals surface area contributed by atoms with Crippen LogP contribution >= 0.6 is 11.8 Å². The molecule has 0 saturated carbocycles. The van der Waals surface area contributed by atoms with E-state index in [0.717, 1.165) is 57.3 Å². The van der Waals surface area contributed by atoms with Gasteiger partial charge in [-0.05, 0) is 12.1 Å². The average Bonchev–Trinajstić information content (AvgIpc) is 2.60. The average molecular weight is 335 g/mol. The Balaban J connectivity index is 1.49. The van der Waals surface area contributed by atoms with Gasteiger partial charge >= 0.3 is 0 Å². The number of amides is 1. The molecule has 6 heteroatoms. The lowest BCUT2D eigenvalue weighted by Gasteiger charge is -2.35. The fourth-order valence-corrected chi connectivity index (χ4v) is 4.19. The number of hydrogen-bond acceptors (Lipinski definition) is 5. The largest absolute Gasteiger partial charge is 0.395 e. The van der Waals surface area contributed by atoms with Gasteiger partial charge in [0.15, 0.2) is 0 Å². The van der Waals surface area contributed by atoms with Crippen molar-refractivity contribution in [1.82, 2.24) is 9.80 Å². The molecule has 0 aromatic heterocycles. The lowest BCUT2D eigenvalue weighted by molar-refractivity contribution is -0.119. The number of fused-ring (bicyclic) bond motifs is 1. The van der Waals surface area contributed by atoms with Gasteiger partial charge < -0.3 is 14.9 Å². The number of aliphatic hydroxyl groups excluding tert-OH is 1. The van der Waals surface area contributed by atoms with Gasteiger partial charge in [0.2, 0.25) is 5.91 Å². The quantitative estimate of drug-likeness (QED) is 0.874. The molecule has 0 unspecified atom stereocenters. The summed E-state index contributed by atoms with van der Waals surface area (Å²) in [4.78, 5) is 20.4. The molecule has 2 aliphatic rings. The molecule has 3 rings (SSSR count). The Morgan fingerprint density at radius 3 is 2.48 bits per heavy atom. The van der Waals surface area contributed by atoms with E-state index in [-0.39, 0.29) is 12.5 Å². The van der Waals surface area contributed by atoms with Crippen LogP contribution in [0.3, 0.4) is 0 Å². The van der Waals surface area contributed by atoms with Crippen molar-refractivity contribution < 1.29 is 9.90 Å². The Kier molecular flexibility index (Phi) is 5.94. The number of piperazine rings is 1. The molecular weight excluding hydrogens is 310 g/mol. The number of thioether (sulfide) groups is 1. The van der Waals surface area contributed by atoms with Gasteiger partial charge in [0, 0.05) is 62.9 Å². The fraction of sp³-hybridized carbons (Fsp3) is 0.588. The maximum Gasteiger partial charge on any atom is 0.228 e. The number of para-hydroxylation sites is 1. The molecule has 2 aliphatic heterocycles. The summed E-state index contributed by atoms with van der Waals surface area (Å²) in [6, 6.07) is 8.18. The minimum Gasteiger partial charge on any atom is -0.395 e. The molecular formula is C17H25N3O2S. The summed E-state index contributed by atoms with van der Waals surface area (Å²) in [5.41, 5.74) is 1.07. The first-order chi connectivity index (χ1) is 11.3. The van der Waals surface area contributed by atoms with Crippen molar-refractivity contribution in [3.05, 3.63) is 24.3 Å². The van der Waals surface area contributed by atoms with Crippen molar-refractivity contribution >= 4 is 23.4 Å². The van der Waals surface area contributed by atoms with Gasteiger partial charge in [-0.1, -0.05) is 12.1 Å². The van der Waals surface area contributed by atoms with Crippen LogP contribution in [0.2, 0.25) is 0 Å². The summed E-state index contributed by atoms with van der Waals surface area (Å²) in [5, 5.41) is 8.98. The van der Waals surface area contributed by atoms with Gasteiger partial charge in [0.1, 0.15) is 0 Å². The first kappa shape index (κ1) is 16.8. The molecule has 1 amide bonds. The van der Waals surface area contributed by atoms with E-state index in [1.165, 1.54) is 4.90 Å². The van der Waals surface area contributed by atoms with E-state index in [2.05, 4.69) is 15.9 Å². The maximum atomic E-state index is 12.6. The van der Waals surface area contributed by atoms with Crippen molar-refractivity contribution in [2.45, 2.75) is 11.3 Å². The molecule has 0 bridgehead atoms. The summed E-state index contributed by atoms with van der Waals surface area (Å²) in [6.45, 7) is 6.57. The van der Waals surface area contributed by atoms with Gasteiger partial charge in [0.25, 0.3) is 0 Å². The van der Waals surface area contributed by atoms with E-state index >= 15 is 0 Å². The molecule has 0 radical (unpaired) electrons. The number of β-amino-alcohol motifs (C(OH)–C–C–N with tert-alkyl or cyclic N) is 1. The van der Waals surface area contributed by atoms with Gasteiger partial charge in [-0.3, -0.25) is 9.69 Å². The zero-order valence-corrected chi connectivity index (χ0v) is 14.3. The third-order valence-corrected chi connectivity index (χ3v) is 5.60. The second-order valence-corrected chi connectivity index (χ2v) is 7.16. The van der Waals surface area contributed by atoms with Crippen molar-refractivity contribution in [2.75, 3.05) is 63.1 Å². The number of hydrogen-bond donors (Lipinski definition) is 1. The number of carbonyl (C=O) groups excluding carboxylic acids is 1. The Hall–Kier alpha value is -1.08. The summed E-state index contributed by atoms with van der Waals surface area (Å²) in [5.74, 6) is 1.21. The lowest BCUT2D eigenvalue weighted by atomic mass is 10.2. The van der Waals surface area contributed by atoms with Crippen molar-refractivity contribution in [1.29, 1.82) is 0 Å². The third-order valence-electron chi connectivity index (χ3n) is 4.55. The zero-order chi connectivity index (χ0) is 16.1. The fourth-order valence-electron chi connectivity index (χ4n) is 3.20. The molecule has 23 heavy (non-hydrogen) atoms. The number of anilines is 1. The van der Waals surface area contributed by atoms with Crippen molar-refractivity contribution in [3.8, 4) is 0 Å². The van der Waals surface area contributed by atoms with E-state index in [9.17, 15) is 4.79 Å². The molecule has 1 saturated heterocycles. The number of benzene rings is 1. The van der Waals surface area contributed by atoms with Crippen molar-refractivity contribution in [2.24, 2.45) is 0 Å². The van der Waals surface area contributed by atoms with Gasteiger partial charge in [-0.25, -0.2) is 0 Å². The van der Waals surface area contributed by atoms with Crippen LogP contribution in [0, 0.1) is 0 Å². The highest BCUT2D eigenvalue weighted by molar-refractivity contribution is 7.99. The van der Waals surface area contributed by atoms with E-state index in [4.69, 9.17) is 5.11 Å². The predicted octanol–water partition coefficient (Wildman–Crippen LogP) is 1.13. The van der Waals surface area contributed by atoms with E-state index in [1.54, 1.807) is 0 Å². The summed E-state index contributed by atoms with van der Waals surface area (Å²) in [7, 11) is 0. The Morgan fingerprint density at radius 1 is 1.04 bits per heavy atom. The summed E-state index contributed by atoms with van der Waals surface area (Å²) >= 11 is 1.83. The highest BCUT2D eigenvalue weighted by Gasteiger charge is 2.23. The summed E-state index contributed by atoms with van der Waals surface area (Å²) in [6.07, 6.45) is 0.582. The second kappa shape index (κ2) is 8.15. The summed E-state index contributed by atoms with van der Waals surface area (Å²) < 4.78 is 0. The second-order valence-electron chi connectivity index (χ2n) is 6.02. The Morgan fingerprint density at radius 2 is 1.74 bits per heavy atom. The highest BCUT2D eigenvalue weighted by Crippen LogP contribution is 2.34. The third kappa shape index (κ3) is 4.26. The first-order valence-electron chi connectivity index (χ1n) is 8.35. The number of carbonyl (C=O) groups is 1. The van der Waals surface area contributed by atoms with Gasteiger partial charge in [0.05, 0.1) is 12.3 Å². The van der Waals surface area contributed by atoms with Crippen LogP contribution in [-0.2, 0) is 4.79 Å². The first-order valence-corrected chi connectivity index (χ1v) is 9.34. The minimum absolute atomic E-state index is 0.227. The standard InChI is InChI=1S/C17H25N3O2S/c21-13-11-19-9-7-18(8-10-19)6-5-17(22)20-12-14-23-16-4-2-1-3-15(16)20/h1-4,21H,5-14H2. The van der Waals surface area contributed by atoms with E-state index in [1.807, 2.05) is 34.9 Å². The monoisotopic (exact) mass is 335 g/mol. The van der Waals surface area contributed by atoms with Crippen LogP contribution < -0.4 is 4.90 Å². The van der Waals surface area contributed by atoms with E-state index in [0.29, 0.717) is 6.42 Å². The highest BCUT2D eigenvalue weighted by atomic mass is 32.2. The molecule has 0 spiro atoms. The SMILES string of the molecule is O=C(CCN1CCN(CCO)CC1)N1CCSc2ccccc21. The van der Waals surface area contributed by atoms with Crippen LogP contribution in [0.1, 0.15) is 6.42 Å². The van der Waals surface area contributed by atoms with Crippen LogP contribution in [-0.4, -0.2) is 79.0 Å². The van der Waals surface area contributed by atoms with Gasteiger partial charge in [-0.15, -0.1) is 11.8 Å². The Bertz CT molecular complexity index is 532. The molecule has 0 aliphatic carbocycles. The maximum absolute atomic E-state index is 12.6. The molecule has 1 aromatic carbocycles. The topological polar surface area (TPSA) is 47.0 Å². The molecule has 0 atom stereocenters.